The maximum Gasteiger partial charge on any atom is 0.00990 e. The largest absolute Gasteiger partial charge is 0.314 e. The molecule has 2 atom stereocenters. The fourth-order valence-electron chi connectivity index (χ4n) is 3.37. The van der Waals surface area contributed by atoms with E-state index in [0.717, 1.165) is 12.0 Å². The number of benzene rings is 1. The minimum Gasteiger partial charge on any atom is -0.314 e. The van der Waals surface area contributed by atoms with Crippen molar-refractivity contribution in [3.63, 3.8) is 0 Å². The van der Waals surface area contributed by atoms with Crippen LogP contribution in [0.2, 0.25) is 0 Å². The molecule has 16 heavy (non-hydrogen) atoms. The minimum atomic E-state index is 0.800. The minimum absolute atomic E-state index is 0.800. The van der Waals surface area contributed by atoms with Gasteiger partial charge in [0, 0.05) is 6.04 Å². The average Bonchev–Trinajstić information content (AvgIpc) is 2.81. The van der Waals surface area contributed by atoms with Crippen molar-refractivity contribution in [3.8, 4) is 0 Å². The lowest BCUT2D eigenvalue weighted by atomic mass is 9.79. The van der Waals surface area contributed by atoms with Gasteiger partial charge in [-0.3, -0.25) is 0 Å². The maximum atomic E-state index is 3.67. The van der Waals surface area contributed by atoms with Gasteiger partial charge in [0.05, 0.1) is 0 Å². The molecule has 1 heteroatoms. The van der Waals surface area contributed by atoms with E-state index < -0.39 is 0 Å². The molecule has 1 N–H and O–H groups in total. The molecular weight excluding hydrogens is 194 g/mol. The highest BCUT2D eigenvalue weighted by atomic mass is 14.9. The standard InChI is InChI=1S/C15H21N/c1-11-4-5-12-6-7-13(10-14(12)9-11)15-3-2-8-16-15/h4-5,9,13,15-16H,2-3,6-8,10H2,1H3. The monoisotopic (exact) mass is 215 g/mol. The van der Waals surface area contributed by atoms with Gasteiger partial charge in [-0.2, -0.15) is 0 Å². The fraction of sp³-hybridized carbons (Fsp3) is 0.600. The van der Waals surface area contributed by atoms with Gasteiger partial charge in [0.2, 0.25) is 0 Å². The Hall–Kier alpha value is -0.820. The van der Waals surface area contributed by atoms with Crippen molar-refractivity contribution in [2.24, 2.45) is 5.92 Å². The quantitative estimate of drug-likeness (QED) is 0.759. The van der Waals surface area contributed by atoms with Crippen LogP contribution < -0.4 is 5.32 Å². The van der Waals surface area contributed by atoms with Gasteiger partial charge in [-0.15, -0.1) is 0 Å². The molecule has 1 heterocycles. The molecule has 3 rings (SSSR count). The van der Waals surface area contributed by atoms with E-state index in [2.05, 4.69) is 30.4 Å². The Bertz CT molecular complexity index is 377. The Morgan fingerprint density at radius 1 is 1.19 bits per heavy atom. The highest BCUT2D eigenvalue weighted by molar-refractivity contribution is 5.34. The molecular formula is C15H21N. The van der Waals surface area contributed by atoms with Gasteiger partial charge in [-0.25, -0.2) is 0 Å². The number of rotatable bonds is 1. The van der Waals surface area contributed by atoms with Gasteiger partial charge >= 0.3 is 0 Å². The third kappa shape index (κ3) is 1.89. The second-order valence-corrected chi connectivity index (χ2v) is 5.48. The van der Waals surface area contributed by atoms with E-state index in [1.54, 1.807) is 11.1 Å². The first-order chi connectivity index (χ1) is 7.83. The molecule has 1 saturated heterocycles. The van der Waals surface area contributed by atoms with Crippen molar-refractivity contribution in [3.05, 3.63) is 34.9 Å². The summed E-state index contributed by atoms with van der Waals surface area (Å²) in [6, 6.07) is 7.79. The highest BCUT2D eigenvalue weighted by Crippen LogP contribution is 2.30. The molecule has 0 aromatic heterocycles. The molecule has 0 spiro atoms. The summed E-state index contributed by atoms with van der Waals surface area (Å²) in [6.45, 7) is 3.44. The molecule has 0 bridgehead atoms. The number of nitrogens with one attached hydrogen (secondary N) is 1. The zero-order valence-corrected chi connectivity index (χ0v) is 10.1. The maximum absolute atomic E-state index is 3.67. The van der Waals surface area contributed by atoms with Crippen molar-refractivity contribution in [2.45, 2.75) is 45.1 Å². The summed E-state index contributed by atoms with van der Waals surface area (Å²) in [5, 5.41) is 3.67. The fourth-order valence-corrected chi connectivity index (χ4v) is 3.37. The van der Waals surface area contributed by atoms with Crippen LogP contribution in [0, 0.1) is 12.8 Å². The second kappa shape index (κ2) is 4.21. The van der Waals surface area contributed by atoms with Crippen LogP contribution in [0.1, 0.15) is 36.0 Å². The summed E-state index contributed by atoms with van der Waals surface area (Å²) in [7, 11) is 0. The SMILES string of the molecule is Cc1ccc2c(c1)CC(C1CCCN1)CC2. The lowest BCUT2D eigenvalue weighted by molar-refractivity contribution is 0.349. The lowest BCUT2D eigenvalue weighted by Gasteiger charge is -2.29. The van der Waals surface area contributed by atoms with Crippen LogP contribution in [0.25, 0.3) is 0 Å². The summed E-state index contributed by atoms with van der Waals surface area (Å²) in [5.41, 5.74) is 4.63. The van der Waals surface area contributed by atoms with Crippen molar-refractivity contribution in [1.82, 2.24) is 5.32 Å². The number of aryl methyl sites for hydroxylation is 2. The van der Waals surface area contributed by atoms with Crippen molar-refractivity contribution >= 4 is 0 Å². The molecule has 1 fully saturated rings. The van der Waals surface area contributed by atoms with Crippen molar-refractivity contribution in [1.29, 1.82) is 0 Å². The Labute approximate surface area is 98.3 Å². The highest BCUT2D eigenvalue weighted by Gasteiger charge is 2.27. The predicted molar refractivity (Wildman–Crippen MR) is 67.7 cm³/mol. The van der Waals surface area contributed by atoms with Crippen molar-refractivity contribution in [2.75, 3.05) is 6.54 Å². The van der Waals surface area contributed by atoms with Crippen LogP contribution in [0.3, 0.4) is 0 Å². The summed E-state index contributed by atoms with van der Waals surface area (Å²) < 4.78 is 0. The van der Waals surface area contributed by atoms with Gasteiger partial charge in [-0.1, -0.05) is 23.8 Å². The number of hydrogen-bond donors (Lipinski definition) is 1. The molecule has 1 aliphatic heterocycles. The molecule has 1 aliphatic carbocycles. The Kier molecular flexibility index (Phi) is 2.72. The summed E-state index contributed by atoms with van der Waals surface area (Å²) in [6.07, 6.45) is 6.74. The third-order valence-corrected chi connectivity index (χ3v) is 4.30. The molecule has 1 aromatic carbocycles. The summed E-state index contributed by atoms with van der Waals surface area (Å²) >= 11 is 0. The normalized spacial score (nSPS) is 29.1. The van der Waals surface area contributed by atoms with Crippen molar-refractivity contribution < 1.29 is 0 Å². The molecule has 2 aliphatic rings. The van der Waals surface area contributed by atoms with E-state index >= 15 is 0 Å². The zero-order valence-electron chi connectivity index (χ0n) is 10.1. The molecule has 86 valence electrons. The number of hydrogen-bond acceptors (Lipinski definition) is 1. The van der Waals surface area contributed by atoms with Crippen LogP contribution in [0.15, 0.2) is 18.2 Å². The summed E-state index contributed by atoms with van der Waals surface area (Å²) in [4.78, 5) is 0. The molecule has 2 unspecified atom stereocenters. The number of fused-ring (bicyclic) bond motifs is 1. The van der Waals surface area contributed by atoms with Crippen LogP contribution in [-0.4, -0.2) is 12.6 Å². The molecule has 0 amide bonds. The van der Waals surface area contributed by atoms with Crippen LogP contribution in [0.5, 0.6) is 0 Å². The van der Waals surface area contributed by atoms with Crippen LogP contribution in [0.4, 0.5) is 0 Å². The smallest absolute Gasteiger partial charge is 0.00990 e. The van der Waals surface area contributed by atoms with Gasteiger partial charge in [0.1, 0.15) is 0 Å². The van der Waals surface area contributed by atoms with E-state index in [4.69, 9.17) is 0 Å². The molecule has 1 aromatic rings. The van der Waals surface area contributed by atoms with E-state index in [9.17, 15) is 0 Å². The lowest BCUT2D eigenvalue weighted by Crippen LogP contribution is -2.34. The van der Waals surface area contributed by atoms with E-state index in [1.807, 2.05) is 0 Å². The Balaban J connectivity index is 1.79. The third-order valence-electron chi connectivity index (χ3n) is 4.30. The Morgan fingerprint density at radius 3 is 2.94 bits per heavy atom. The molecule has 1 nitrogen and oxygen atoms in total. The summed E-state index contributed by atoms with van der Waals surface area (Å²) in [5.74, 6) is 0.886. The first kappa shape index (κ1) is 10.3. The first-order valence-electron chi connectivity index (χ1n) is 6.65. The van der Waals surface area contributed by atoms with Crippen LogP contribution >= 0.6 is 0 Å². The van der Waals surface area contributed by atoms with Gasteiger partial charge in [-0.05, 0) is 62.6 Å². The van der Waals surface area contributed by atoms with E-state index in [0.29, 0.717) is 0 Å². The average molecular weight is 215 g/mol. The van der Waals surface area contributed by atoms with Gasteiger partial charge in [0.15, 0.2) is 0 Å². The first-order valence-corrected chi connectivity index (χ1v) is 6.65. The second-order valence-electron chi connectivity index (χ2n) is 5.48. The van der Waals surface area contributed by atoms with Gasteiger partial charge in [0.25, 0.3) is 0 Å². The predicted octanol–water partition coefficient (Wildman–Crippen LogP) is 2.85. The Morgan fingerprint density at radius 2 is 2.12 bits per heavy atom. The van der Waals surface area contributed by atoms with Gasteiger partial charge < -0.3 is 5.32 Å². The topological polar surface area (TPSA) is 12.0 Å². The zero-order chi connectivity index (χ0) is 11.0. The molecule has 0 saturated carbocycles. The van der Waals surface area contributed by atoms with E-state index in [1.165, 1.54) is 44.2 Å². The van der Waals surface area contributed by atoms with E-state index in [-0.39, 0.29) is 0 Å². The van der Waals surface area contributed by atoms with Crippen LogP contribution in [-0.2, 0) is 12.8 Å². The molecule has 0 radical (unpaired) electrons.